The number of likely N-dealkylation sites (tertiary alicyclic amines) is 1. The number of hydrogen-bond acceptors (Lipinski definition) is 1. The molecule has 0 radical (unpaired) electrons. The van der Waals surface area contributed by atoms with Crippen LogP contribution >= 0.6 is 0 Å². The summed E-state index contributed by atoms with van der Waals surface area (Å²) < 4.78 is 0. The fraction of sp³-hybridized carbons (Fsp3) is 1.00. The highest BCUT2D eigenvalue weighted by Gasteiger charge is 2.24. The second kappa shape index (κ2) is 3.57. The SMILES string of the molecule is CC(C)[C@@H]1CC[C@@H](C)N(C)C1. The first-order valence-corrected chi connectivity index (χ1v) is 4.81. The van der Waals surface area contributed by atoms with Crippen LogP contribution in [-0.4, -0.2) is 24.5 Å². The molecule has 1 saturated heterocycles. The third kappa shape index (κ3) is 2.19. The predicted octanol–water partition coefficient (Wildman–Crippen LogP) is 2.37. The Morgan fingerprint density at radius 2 is 1.91 bits per heavy atom. The lowest BCUT2D eigenvalue weighted by molar-refractivity contribution is 0.123. The average Bonchev–Trinajstić information content (AvgIpc) is 1.94. The molecule has 1 fully saturated rings. The Bertz CT molecular complexity index is 120. The van der Waals surface area contributed by atoms with E-state index in [9.17, 15) is 0 Å². The summed E-state index contributed by atoms with van der Waals surface area (Å²) >= 11 is 0. The van der Waals surface area contributed by atoms with Gasteiger partial charge in [-0.15, -0.1) is 0 Å². The molecule has 0 saturated carbocycles. The highest BCUT2D eigenvalue weighted by molar-refractivity contribution is 4.77. The van der Waals surface area contributed by atoms with Crippen molar-refractivity contribution in [3.05, 3.63) is 0 Å². The third-order valence-electron chi connectivity index (χ3n) is 3.17. The van der Waals surface area contributed by atoms with Crippen molar-refractivity contribution in [2.75, 3.05) is 13.6 Å². The molecular formula is C10H21N. The van der Waals surface area contributed by atoms with E-state index in [0.717, 1.165) is 17.9 Å². The normalized spacial score (nSPS) is 34.6. The van der Waals surface area contributed by atoms with Crippen LogP contribution in [0.25, 0.3) is 0 Å². The highest BCUT2D eigenvalue weighted by Crippen LogP contribution is 2.25. The first-order valence-electron chi connectivity index (χ1n) is 4.81. The fourth-order valence-corrected chi connectivity index (χ4v) is 1.86. The zero-order chi connectivity index (χ0) is 8.43. The van der Waals surface area contributed by atoms with Crippen LogP contribution in [0.1, 0.15) is 33.6 Å². The summed E-state index contributed by atoms with van der Waals surface area (Å²) in [5.74, 6) is 1.81. The molecule has 0 bridgehead atoms. The molecule has 0 unspecified atom stereocenters. The van der Waals surface area contributed by atoms with Crippen LogP contribution in [0.5, 0.6) is 0 Å². The molecule has 1 rings (SSSR count). The van der Waals surface area contributed by atoms with E-state index >= 15 is 0 Å². The first-order chi connectivity index (χ1) is 5.11. The summed E-state index contributed by atoms with van der Waals surface area (Å²) in [6.45, 7) is 8.32. The van der Waals surface area contributed by atoms with Gasteiger partial charge in [-0.25, -0.2) is 0 Å². The molecule has 0 aromatic carbocycles. The van der Waals surface area contributed by atoms with Crippen LogP contribution in [0.15, 0.2) is 0 Å². The van der Waals surface area contributed by atoms with Crippen LogP contribution in [0.4, 0.5) is 0 Å². The van der Waals surface area contributed by atoms with Crippen LogP contribution in [0, 0.1) is 11.8 Å². The van der Waals surface area contributed by atoms with Gasteiger partial charge in [0.2, 0.25) is 0 Å². The summed E-state index contributed by atoms with van der Waals surface area (Å²) in [6.07, 6.45) is 2.82. The van der Waals surface area contributed by atoms with Crippen molar-refractivity contribution >= 4 is 0 Å². The monoisotopic (exact) mass is 155 g/mol. The van der Waals surface area contributed by atoms with Crippen molar-refractivity contribution < 1.29 is 0 Å². The average molecular weight is 155 g/mol. The second-order valence-electron chi connectivity index (χ2n) is 4.37. The van der Waals surface area contributed by atoms with E-state index in [0.29, 0.717) is 0 Å². The quantitative estimate of drug-likeness (QED) is 0.562. The van der Waals surface area contributed by atoms with E-state index in [1.807, 2.05) is 0 Å². The molecule has 1 nitrogen and oxygen atoms in total. The molecule has 11 heavy (non-hydrogen) atoms. The second-order valence-corrected chi connectivity index (χ2v) is 4.37. The maximum absolute atomic E-state index is 2.49. The third-order valence-corrected chi connectivity index (χ3v) is 3.17. The van der Waals surface area contributed by atoms with Gasteiger partial charge in [-0.3, -0.25) is 0 Å². The van der Waals surface area contributed by atoms with Crippen LogP contribution in [-0.2, 0) is 0 Å². The lowest BCUT2D eigenvalue weighted by atomic mass is 9.86. The van der Waals surface area contributed by atoms with Gasteiger partial charge < -0.3 is 4.90 Å². The van der Waals surface area contributed by atoms with Gasteiger partial charge in [-0.2, -0.15) is 0 Å². The summed E-state index contributed by atoms with van der Waals surface area (Å²) in [6, 6.07) is 0.810. The van der Waals surface area contributed by atoms with Gasteiger partial charge in [0.25, 0.3) is 0 Å². The Balaban J connectivity index is 2.40. The number of rotatable bonds is 1. The summed E-state index contributed by atoms with van der Waals surface area (Å²) in [7, 11) is 2.25. The molecule has 1 aliphatic rings. The van der Waals surface area contributed by atoms with Crippen molar-refractivity contribution in [3.8, 4) is 0 Å². The largest absolute Gasteiger partial charge is 0.303 e. The van der Waals surface area contributed by atoms with Gasteiger partial charge in [0.15, 0.2) is 0 Å². The number of nitrogens with zero attached hydrogens (tertiary/aromatic N) is 1. The van der Waals surface area contributed by atoms with Gasteiger partial charge in [0.1, 0.15) is 0 Å². The van der Waals surface area contributed by atoms with E-state index < -0.39 is 0 Å². The van der Waals surface area contributed by atoms with Gasteiger partial charge in [0, 0.05) is 12.6 Å². The van der Waals surface area contributed by atoms with E-state index in [4.69, 9.17) is 0 Å². The number of piperidine rings is 1. The molecular weight excluding hydrogens is 134 g/mol. The van der Waals surface area contributed by atoms with Gasteiger partial charge in [-0.1, -0.05) is 13.8 Å². The summed E-state index contributed by atoms with van der Waals surface area (Å²) in [4.78, 5) is 2.49. The van der Waals surface area contributed by atoms with E-state index in [1.54, 1.807) is 0 Å². The predicted molar refractivity (Wildman–Crippen MR) is 49.7 cm³/mol. The van der Waals surface area contributed by atoms with Crippen molar-refractivity contribution in [1.82, 2.24) is 4.90 Å². The van der Waals surface area contributed by atoms with Crippen molar-refractivity contribution in [2.24, 2.45) is 11.8 Å². The van der Waals surface area contributed by atoms with E-state index in [2.05, 4.69) is 32.7 Å². The fourth-order valence-electron chi connectivity index (χ4n) is 1.86. The molecule has 0 aliphatic carbocycles. The molecule has 0 aromatic heterocycles. The Morgan fingerprint density at radius 3 is 2.36 bits per heavy atom. The van der Waals surface area contributed by atoms with Crippen molar-refractivity contribution in [1.29, 1.82) is 0 Å². The Morgan fingerprint density at radius 1 is 1.27 bits per heavy atom. The topological polar surface area (TPSA) is 3.24 Å². The molecule has 1 aliphatic heterocycles. The molecule has 2 atom stereocenters. The molecule has 1 heteroatoms. The minimum atomic E-state index is 0.810. The van der Waals surface area contributed by atoms with Crippen LogP contribution in [0.3, 0.4) is 0 Å². The minimum absolute atomic E-state index is 0.810. The van der Waals surface area contributed by atoms with Gasteiger partial charge in [-0.05, 0) is 38.6 Å². The Hall–Kier alpha value is -0.0400. The molecule has 0 spiro atoms. The molecule has 66 valence electrons. The van der Waals surface area contributed by atoms with Crippen molar-refractivity contribution in [3.63, 3.8) is 0 Å². The molecule has 0 amide bonds. The first kappa shape index (κ1) is 9.05. The van der Waals surface area contributed by atoms with Crippen LogP contribution in [0.2, 0.25) is 0 Å². The lowest BCUT2D eigenvalue weighted by Gasteiger charge is -2.37. The number of hydrogen-bond donors (Lipinski definition) is 0. The minimum Gasteiger partial charge on any atom is -0.303 e. The highest BCUT2D eigenvalue weighted by atomic mass is 15.1. The standard InChI is InChI=1S/C10H21N/c1-8(2)10-6-5-9(3)11(4)7-10/h8-10H,5-7H2,1-4H3/t9-,10-/m1/s1. The maximum Gasteiger partial charge on any atom is 0.00641 e. The van der Waals surface area contributed by atoms with Crippen molar-refractivity contribution in [2.45, 2.75) is 39.7 Å². The zero-order valence-corrected chi connectivity index (χ0v) is 8.30. The molecule has 0 N–H and O–H groups in total. The molecule has 0 aromatic rings. The smallest absolute Gasteiger partial charge is 0.00641 e. The Kier molecular flexibility index (Phi) is 2.94. The van der Waals surface area contributed by atoms with E-state index in [1.165, 1.54) is 19.4 Å². The zero-order valence-electron chi connectivity index (χ0n) is 8.30. The summed E-state index contributed by atoms with van der Waals surface area (Å²) in [5.41, 5.74) is 0. The molecule has 1 heterocycles. The maximum atomic E-state index is 2.49. The van der Waals surface area contributed by atoms with Gasteiger partial charge >= 0.3 is 0 Å². The van der Waals surface area contributed by atoms with Crippen LogP contribution < -0.4 is 0 Å². The van der Waals surface area contributed by atoms with Gasteiger partial charge in [0.05, 0.1) is 0 Å². The summed E-state index contributed by atoms with van der Waals surface area (Å²) in [5, 5.41) is 0. The lowest BCUT2D eigenvalue weighted by Crippen LogP contribution is -2.40. The van der Waals surface area contributed by atoms with E-state index in [-0.39, 0.29) is 0 Å². The Labute approximate surface area is 70.8 Å².